The molecule has 0 aromatic carbocycles. The predicted octanol–water partition coefficient (Wildman–Crippen LogP) is 1.63. The van der Waals surface area contributed by atoms with Crippen LogP contribution in [0.1, 0.15) is 13.3 Å². The van der Waals surface area contributed by atoms with E-state index in [1.165, 1.54) is 42.6 Å². The number of carbonyl (C=O) groups excluding carboxylic acids is 1. The highest BCUT2D eigenvalue weighted by Crippen LogP contribution is 2.26. The second-order valence-electron chi connectivity index (χ2n) is 7.55. The van der Waals surface area contributed by atoms with Gasteiger partial charge in [-0.25, -0.2) is 13.8 Å². The first-order valence-corrected chi connectivity index (χ1v) is 10.3. The van der Waals surface area contributed by atoms with Gasteiger partial charge in [0.1, 0.15) is 23.5 Å². The molecule has 2 aromatic rings. The van der Waals surface area contributed by atoms with E-state index in [9.17, 15) is 18.4 Å². The number of alkyl halides is 1. The molecule has 34 heavy (non-hydrogen) atoms. The zero-order valence-corrected chi connectivity index (χ0v) is 18.4. The van der Waals surface area contributed by atoms with Crippen molar-refractivity contribution in [3.8, 4) is 5.82 Å². The summed E-state index contributed by atoms with van der Waals surface area (Å²) < 4.78 is 28.5. The Bertz CT molecular complexity index is 1300. The SMILES string of the molecule is C=NN1C(=NC)C=C(Nc2cccn(-c3ncccc3F)c2=O)N/C1=C(/C)C(=O)N[C@@H]1C[C@@H]1F. The summed E-state index contributed by atoms with van der Waals surface area (Å²) >= 11 is 0. The highest BCUT2D eigenvalue weighted by molar-refractivity contribution is 5.99. The number of hydrogen-bond donors (Lipinski definition) is 3. The fourth-order valence-corrected chi connectivity index (χ4v) is 3.30. The Morgan fingerprint density at radius 1 is 1.35 bits per heavy atom. The number of halogens is 2. The van der Waals surface area contributed by atoms with Crippen LogP contribution in [0.25, 0.3) is 5.82 Å². The van der Waals surface area contributed by atoms with Gasteiger partial charge in [-0.15, -0.1) is 0 Å². The molecule has 1 saturated carbocycles. The maximum atomic E-state index is 14.2. The Balaban J connectivity index is 1.67. The van der Waals surface area contributed by atoms with Crippen LogP contribution in [0.4, 0.5) is 14.5 Å². The number of amides is 1. The normalized spacial score (nSPS) is 21.9. The molecule has 0 saturated heterocycles. The van der Waals surface area contributed by atoms with Crippen LogP contribution in [-0.4, -0.2) is 52.3 Å². The van der Waals surface area contributed by atoms with Crippen molar-refractivity contribution in [1.29, 1.82) is 0 Å². The molecule has 10 nitrogen and oxygen atoms in total. The number of anilines is 1. The van der Waals surface area contributed by atoms with Crippen LogP contribution in [-0.2, 0) is 4.79 Å². The Labute approximate surface area is 193 Å². The Morgan fingerprint density at radius 3 is 2.76 bits per heavy atom. The molecule has 1 aliphatic heterocycles. The van der Waals surface area contributed by atoms with Crippen LogP contribution in [0.2, 0.25) is 0 Å². The van der Waals surface area contributed by atoms with Gasteiger partial charge in [0.05, 0.1) is 11.6 Å². The molecule has 1 fully saturated rings. The summed E-state index contributed by atoms with van der Waals surface area (Å²) in [6.07, 6.45) is 3.56. The summed E-state index contributed by atoms with van der Waals surface area (Å²) in [6, 6.07) is 5.20. The number of aliphatic imine (C=N–C) groups is 1. The van der Waals surface area contributed by atoms with Crippen LogP contribution >= 0.6 is 0 Å². The summed E-state index contributed by atoms with van der Waals surface area (Å²) in [4.78, 5) is 33.7. The molecule has 176 valence electrons. The highest BCUT2D eigenvalue weighted by Gasteiger charge is 2.39. The maximum Gasteiger partial charge on any atom is 0.280 e. The number of hydrazone groups is 1. The molecule has 1 amide bonds. The van der Waals surface area contributed by atoms with Crippen molar-refractivity contribution in [3.63, 3.8) is 0 Å². The van der Waals surface area contributed by atoms with Gasteiger partial charge in [-0.3, -0.25) is 19.1 Å². The number of aromatic nitrogens is 2. The van der Waals surface area contributed by atoms with Gasteiger partial charge >= 0.3 is 0 Å². The van der Waals surface area contributed by atoms with Crippen molar-refractivity contribution in [2.75, 3.05) is 12.4 Å². The molecule has 12 heteroatoms. The lowest BCUT2D eigenvalue weighted by molar-refractivity contribution is -0.117. The average Bonchev–Trinajstić information content (AvgIpc) is 3.53. The summed E-state index contributed by atoms with van der Waals surface area (Å²) in [7, 11) is 1.53. The van der Waals surface area contributed by atoms with Crippen molar-refractivity contribution in [1.82, 2.24) is 25.2 Å². The zero-order valence-electron chi connectivity index (χ0n) is 18.4. The Morgan fingerprint density at radius 2 is 2.12 bits per heavy atom. The second kappa shape index (κ2) is 9.25. The number of nitrogens with one attached hydrogen (secondary N) is 3. The summed E-state index contributed by atoms with van der Waals surface area (Å²) in [5.74, 6) is -0.428. The highest BCUT2D eigenvalue weighted by atomic mass is 19.1. The zero-order chi connectivity index (χ0) is 24.4. The van der Waals surface area contributed by atoms with E-state index in [-0.39, 0.29) is 29.3 Å². The monoisotopic (exact) mass is 468 g/mol. The van der Waals surface area contributed by atoms with E-state index in [0.717, 1.165) is 4.57 Å². The van der Waals surface area contributed by atoms with Gasteiger partial charge in [-0.1, -0.05) is 0 Å². The number of pyridine rings is 2. The molecule has 2 aromatic heterocycles. The van der Waals surface area contributed by atoms with Crippen LogP contribution in [0, 0.1) is 5.82 Å². The van der Waals surface area contributed by atoms with E-state index >= 15 is 0 Å². The van der Waals surface area contributed by atoms with Crippen LogP contribution in [0.15, 0.2) is 74.8 Å². The predicted molar refractivity (Wildman–Crippen MR) is 124 cm³/mol. The minimum atomic E-state index is -1.05. The van der Waals surface area contributed by atoms with Gasteiger partial charge in [0.2, 0.25) is 0 Å². The van der Waals surface area contributed by atoms with Crippen molar-refractivity contribution < 1.29 is 13.6 Å². The van der Waals surface area contributed by atoms with Crippen molar-refractivity contribution in [2.24, 2.45) is 10.1 Å². The van der Waals surface area contributed by atoms with Crippen molar-refractivity contribution in [2.45, 2.75) is 25.6 Å². The topological polar surface area (TPSA) is 116 Å². The van der Waals surface area contributed by atoms with Crippen molar-refractivity contribution in [3.05, 3.63) is 76.1 Å². The molecule has 2 aliphatic rings. The fraction of sp³-hybridized carbons (Fsp3) is 0.227. The van der Waals surface area contributed by atoms with E-state index in [1.807, 2.05) is 0 Å². The van der Waals surface area contributed by atoms with Gasteiger partial charge in [0.15, 0.2) is 17.5 Å². The maximum absolute atomic E-state index is 14.2. The summed E-state index contributed by atoms with van der Waals surface area (Å²) in [6.45, 7) is 5.06. The van der Waals surface area contributed by atoms with E-state index in [4.69, 9.17) is 0 Å². The molecule has 4 rings (SSSR count). The number of rotatable bonds is 6. The third kappa shape index (κ3) is 4.42. The smallest absolute Gasteiger partial charge is 0.280 e. The molecule has 2 atom stereocenters. The third-order valence-corrected chi connectivity index (χ3v) is 5.23. The van der Waals surface area contributed by atoms with Crippen LogP contribution < -0.4 is 21.5 Å². The van der Waals surface area contributed by atoms with E-state index in [2.05, 4.69) is 37.7 Å². The molecule has 0 radical (unpaired) electrons. The number of amidine groups is 1. The Kier molecular flexibility index (Phi) is 6.21. The number of hydrogen-bond acceptors (Lipinski definition) is 7. The minimum Gasteiger partial charge on any atom is -0.346 e. The summed E-state index contributed by atoms with van der Waals surface area (Å²) in [5.41, 5.74) is -0.229. The van der Waals surface area contributed by atoms with Crippen LogP contribution in [0.5, 0.6) is 0 Å². The van der Waals surface area contributed by atoms with E-state index in [0.29, 0.717) is 11.7 Å². The first kappa shape index (κ1) is 22.8. The van der Waals surface area contributed by atoms with Gasteiger partial charge < -0.3 is 16.0 Å². The fourth-order valence-electron chi connectivity index (χ4n) is 3.30. The molecule has 3 heterocycles. The van der Waals surface area contributed by atoms with Gasteiger partial charge in [-0.2, -0.15) is 10.1 Å². The lowest BCUT2D eigenvalue weighted by atomic mass is 10.2. The van der Waals surface area contributed by atoms with Crippen LogP contribution in [0.3, 0.4) is 0 Å². The van der Waals surface area contributed by atoms with Gasteiger partial charge in [-0.05, 0) is 31.2 Å². The molecule has 0 unspecified atom stereocenters. The molecule has 1 aliphatic carbocycles. The molecule has 0 spiro atoms. The standard InChI is InChI=1S/C22H22F2N8O2/c1-12(21(33)29-16-10-14(16)24)19-30-17(11-18(25-2)32(19)26-3)28-15-7-5-9-31(22(15)34)20-13(23)6-4-8-27-20/h4-9,11,14,16,28,30H,3,10H2,1-2H3,(H,29,33)/b19-12+,25-18?/t14-,16+/m0/s1. The van der Waals surface area contributed by atoms with Crippen molar-refractivity contribution >= 4 is 24.1 Å². The lowest BCUT2D eigenvalue weighted by Gasteiger charge is -2.30. The number of nitrogens with zero attached hydrogens (tertiary/aromatic N) is 5. The van der Waals surface area contributed by atoms with Gasteiger partial charge in [0, 0.05) is 38.7 Å². The second-order valence-corrected chi connectivity index (χ2v) is 7.55. The van der Waals surface area contributed by atoms with E-state index in [1.54, 1.807) is 19.1 Å². The third-order valence-electron chi connectivity index (χ3n) is 5.23. The largest absolute Gasteiger partial charge is 0.346 e. The average molecular weight is 468 g/mol. The lowest BCUT2D eigenvalue weighted by Crippen LogP contribution is -2.42. The molecular weight excluding hydrogens is 446 g/mol. The van der Waals surface area contributed by atoms with E-state index < -0.39 is 29.5 Å². The molecule has 0 bridgehead atoms. The first-order valence-electron chi connectivity index (χ1n) is 10.3. The summed E-state index contributed by atoms with van der Waals surface area (Å²) in [5, 5.41) is 13.8. The minimum absolute atomic E-state index is 0.112. The first-order chi connectivity index (χ1) is 16.3. The van der Waals surface area contributed by atoms with Gasteiger partial charge in [0.25, 0.3) is 11.5 Å². The quantitative estimate of drug-likeness (QED) is 0.439. The molecule has 3 N–H and O–H groups in total. The molecular formula is C22H22F2N8O2. The number of carbonyl (C=O) groups is 1. The Hall–Kier alpha value is -4.35.